The van der Waals surface area contributed by atoms with Crippen molar-refractivity contribution in [1.29, 1.82) is 0 Å². The largest absolute Gasteiger partial charge is 0.323 e. The highest BCUT2D eigenvalue weighted by Crippen LogP contribution is 2.40. The van der Waals surface area contributed by atoms with Crippen LogP contribution in [0, 0.1) is 5.41 Å². The van der Waals surface area contributed by atoms with Crippen LogP contribution < -0.4 is 5.32 Å². The lowest BCUT2D eigenvalue weighted by Crippen LogP contribution is -2.62. The molecule has 27 heavy (non-hydrogen) atoms. The van der Waals surface area contributed by atoms with Crippen molar-refractivity contribution in [2.45, 2.75) is 25.7 Å². The highest BCUT2D eigenvalue weighted by atomic mass is 16.2. The van der Waals surface area contributed by atoms with Crippen molar-refractivity contribution in [3.63, 3.8) is 0 Å². The highest BCUT2D eigenvalue weighted by molar-refractivity contribution is 5.89. The van der Waals surface area contributed by atoms with Crippen LogP contribution >= 0.6 is 0 Å². The molecule has 2 aromatic rings. The summed E-state index contributed by atoms with van der Waals surface area (Å²) < 4.78 is 0. The second-order valence-corrected chi connectivity index (χ2v) is 8.08. The minimum atomic E-state index is 0.0390. The van der Waals surface area contributed by atoms with Crippen molar-refractivity contribution >= 4 is 11.7 Å². The van der Waals surface area contributed by atoms with Crippen LogP contribution in [0.4, 0.5) is 10.5 Å². The Bertz CT molecular complexity index is 731. The number of carbonyl (C=O) groups excluding carboxylic acids is 1. The summed E-state index contributed by atoms with van der Waals surface area (Å²) in [4.78, 5) is 16.9. The molecule has 0 radical (unpaired) electrons. The molecule has 142 valence electrons. The van der Waals surface area contributed by atoms with Gasteiger partial charge in [0.2, 0.25) is 0 Å². The number of carbonyl (C=O) groups is 1. The van der Waals surface area contributed by atoms with E-state index in [1.165, 1.54) is 44.5 Å². The Labute approximate surface area is 162 Å². The molecule has 2 heterocycles. The van der Waals surface area contributed by atoms with E-state index in [1.807, 2.05) is 35.2 Å². The fourth-order valence-electron chi connectivity index (χ4n) is 4.35. The standard InChI is InChI=1S/C23H29N3O/c27-22(24-21-11-5-2-6-12-21)26-18-23(19-26)13-16-25(17-14-23)15-7-10-20-8-3-1-4-9-20/h1-6,8-9,11-12H,7,10,13-19H2,(H,24,27). The predicted molar refractivity (Wildman–Crippen MR) is 110 cm³/mol. The van der Waals surface area contributed by atoms with Gasteiger partial charge in [-0.1, -0.05) is 48.5 Å². The fourth-order valence-corrected chi connectivity index (χ4v) is 4.35. The van der Waals surface area contributed by atoms with E-state index in [0.717, 1.165) is 25.2 Å². The maximum atomic E-state index is 12.4. The van der Waals surface area contributed by atoms with Crippen LogP contribution in [0.2, 0.25) is 0 Å². The first-order valence-electron chi connectivity index (χ1n) is 10.1. The summed E-state index contributed by atoms with van der Waals surface area (Å²) in [6.07, 6.45) is 4.82. The number of hydrogen-bond acceptors (Lipinski definition) is 2. The van der Waals surface area contributed by atoms with Crippen molar-refractivity contribution in [1.82, 2.24) is 9.80 Å². The number of urea groups is 1. The van der Waals surface area contributed by atoms with Crippen molar-refractivity contribution < 1.29 is 4.79 Å². The van der Waals surface area contributed by atoms with Crippen molar-refractivity contribution in [3.8, 4) is 0 Å². The summed E-state index contributed by atoms with van der Waals surface area (Å²) in [6, 6.07) is 20.5. The molecule has 0 saturated carbocycles. The van der Waals surface area contributed by atoms with E-state index in [2.05, 4.69) is 40.5 Å². The Hall–Kier alpha value is -2.33. The Kier molecular flexibility index (Phi) is 5.44. The lowest BCUT2D eigenvalue weighted by Gasteiger charge is -2.53. The third kappa shape index (κ3) is 4.51. The van der Waals surface area contributed by atoms with Gasteiger partial charge in [-0.2, -0.15) is 0 Å². The summed E-state index contributed by atoms with van der Waals surface area (Å²) in [5.41, 5.74) is 2.67. The van der Waals surface area contributed by atoms with Crippen molar-refractivity contribution in [2.24, 2.45) is 5.41 Å². The third-order valence-corrected chi connectivity index (χ3v) is 6.06. The van der Waals surface area contributed by atoms with Gasteiger partial charge in [0.15, 0.2) is 0 Å². The van der Waals surface area contributed by atoms with Crippen LogP contribution in [0.5, 0.6) is 0 Å². The average Bonchev–Trinajstić information content (AvgIpc) is 2.68. The van der Waals surface area contributed by atoms with E-state index >= 15 is 0 Å². The molecule has 0 bridgehead atoms. The highest BCUT2D eigenvalue weighted by Gasteiger charge is 2.46. The molecular weight excluding hydrogens is 334 g/mol. The maximum Gasteiger partial charge on any atom is 0.321 e. The van der Waals surface area contributed by atoms with Crippen LogP contribution in [0.25, 0.3) is 0 Å². The first kappa shape index (κ1) is 18.1. The predicted octanol–water partition coefficient (Wildman–Crippen LogP) is 4.25. The number of rotatable bonds is 5. The number of para-hydroxylation sites is 1. The molecule has 4 nitrogen and oxygen atoms in total. The number of nitrogens with one attached hydrogen (secondary N) is 1. The number of likely N-dealkylation sites (tertiary alicyclic amines) is 2. The van der Waals surface area contributed by atoms with E-state index in [-0.39, 0.29) is 6.03 Å². The molecule has 2 aliphatic heterocycles. The summed E-state index contributed by atoms with van der Waals surface area (Å²) in [5.74, 6) is 0. The molecule has 0 atom stereocenters. The summed E-state index contributed by atoms with van der Waals surface area (Å²) in [6.45, 7) is 5.34. The van der Waals surface area contributed by atoms with Crippen LogP contribution in [-0.2, 0) is 6.42 Å². The lowest BCUT2D eigenvalue weighted by atomic mass is 9.72. The number of amides is 2. The molecule has 0 unspecified atom stereocenters. The van der Waals surface area contributed by atoms with Gasteiger partial charge < -0.3 is 15.1 Å². The molecule has 0 aliphatic carbocycles. The van der Waals surface area contributed by atoms with Gasteiger partial charge in [0.1, 0.15) is 0 Å². The van der Waals surface area contributed by atoms with Gasteiger partial charge in [0, 0.05) is 24.2 Å². The Morgan fingerprint density at radius 3 is 2.22 bits per heavy atom. The first-order valence-corrected chi connectivity index (χ1v) is 10.1. The van der Waals surface area contributed by atoms with Crippen LogP contribution in [0.3, 0.4) is 0 Å². The van der Waals surface area contributed by atoms with Gasteiger partial charge in [-0.3, -0.25) is 0 Å². The summed E-state index contributed by atoms with van der Waals surface area (Å²) >= 11 is 0. The summed E-state index contributed by atoms with van der Waals surface area (Å²) in [5, 5.41) is 2.99. The fraction of sp³-hybridized carbons (Fsp3) is 0.435. The number of piperidine rings is 1. The minimum Gasteiger partial charge on any atom is -0.323 e. The molecule has 2 fully saturated rings. The topological polar surface area (TPSA) is 35.6 Å². The van der Waals surface area contributed by atoms with E-state index < -0.39 is 0 Å². The molecule has 2 saturated heterocycles. The molecule has 2 aromatic carbocycles. The smallest absolute Gasteiger partial charge is 0.321 e. The zero-order chi connectivity index (χ0) is 18.5. The zero-order valence-corrected chi connectivity index (χ0v) is 15.9. The lowest BCUT2D eigenvalue weighted by molar-refractivity contribution is -0.0183. The number of anilines is 1. The molecule has 2 amide bonds. The van der Waals surface area contributed by atoms with Crippen LogP contribution in [-0.4, -0.2) is 48.6 Å². The molecule has 4 heteroatoms. The van der Waals surface area contributed by atoms with Crippen LogP contribution in [0.15, 0.2) is 60.7 Å². The Morgan fingerprint density at radius 2 is 1.56 bits per heavy atom. The van der Waals surface area contributed by atoms with Crippen molar-refractivity contribution in [3.05, 3.63) is 66.2 Å². The van der Waals surface area contributed by atoms with E-state index in [9.17, 15) is 4.79 Å². The number of aryl methyl sites for hydroxylation is 1. The molecule has 1 spiro atoms. The average molecular weight is 364 g/mol. The second-order valence-electron chi connectivity index (χ2n) is 8.08. The van der Waals surface area contributed by atoms with E-state index in [1.54, 1.807) is 0 Å². The molecule has 2 aliphatic rings. The molecule has 0 aromatic heterocycles. The second kappa shape index (κ2) is 8.13. The normalized spacial score (nSPS) is 18.9. The van der Waals surface area contributed by atoms with Gasteiger partial charge in [-0.15, -0.1) is 0 Å². The number of hydrogen-bond donors (Lipinski definition) is 1. The molecular formula is C23H29N3O. The van der Waals surface area contributed by atoms with Gasteiger partial charge in [0.05, 0.1) is 0 Å². The van der Waals surface area contributed by atoms with Gasteiger partial charge in [-0.05, 0) is 63.0 Å². The molecule has 1 N–H and O–H groups in total. The third-order valence-electron chi connectivity index (χ3n) is 6.06. The maximum absolute atomic E-state index is 12.4. The first-order chi connectivity index (χ1) is 13.2. The minimum absolute atomic E-state index is 0.0390. The number of nitrogens with zero attached hydrogens (tertiary/aromatic N) is 2. The monoisotopic (exact) mass is 363 g/mol. The Morgan fingerprint density at radius 1 is 0.926 bits per heavy atom. The van der Waals surface area contributed by atoms with Gasteiger partial charge in [-0.25, -0.2) is 4.79 Å². The van der Waals surface area contributed by atoms with E-state index in [0.29, 0.717) is 5.41 Å². The zero-order valence-electron chi connectivity index (χ0n) is 15.9. The Balaban J connectivity index is 1.16. The SMILES string of the molecule is O=C(Nc1ccccc1)N1CC2(CCN(CCCc3ccccc3)CC2)C1. The van der Waals surface area contributed by atoms with Gasteiger partial charge >= 0.3 is 6.03 Å². The quantitative estimate of drug-likeness (QED) is 0.862. The van der Waals surface area contributed by atoms with Gasteiger partial charge in [0.25, 0.3) is 0 Å². The number of benzene rings is 2. The van der Waals surface area contributed by atoms with Crippen molar-refractivity contribution in [2.75, 3.05) is 38.0 Å². The van der Waals surface area contributed by atoms with E-state index in [4.69, 9.17) is 0 Å². The summed E-state index contributed by atoms with van der Waals surface area (Å²) in [7, 11) is 0. The molecule has 4 rings (SSSR count). The van der Waals surface area contributed by atoms with Crippen LogP contribution in [0.1, 0.15) is 24.8 Å².